The van der Waals surface area contributed by atoms with Gasteiger partial charge in [-0.05, 0) is 47.9 Å². The van der Waals surface area contributed by atoms with Crippen LogP contribution in [0.25, 0.3) is 0 Å². The Morgan fingerprint density at radius 2 is 0.750 bits per heavy atom. The molecular formula is C46H42N6O4S4+2. The fraction of sp³-hybridized carbons (Fsp3) is 0.174. The summed E-state index contributed by atoms with van der Waals surface area (Å²) in [5, 5.41) is -1.01. The van der Waals surface area contributed by atoms with Crippen LogP contribution in [-0.2, 0) is 44.9 Å². The molecule has 0 bridgehead atoms. The van der Waals surface area contributed by atoms with Crippen molar-refractivity contribution in [2.45, 2.75) is 25.7 Å². The summed E-state index contributed by atoms with van der Waals surface area (Å²) in [6, 6.07) is 42.4. The van der Waals surface area contributed by atoms with Gasteiger partial charge < -0.3 is 22.9 Å². The SMILES string of the molecule is NC(=S)C1(Cc2ccccc2)C(=O)[N+](C(N)=S)(c2cccc([N+]3(C(N)=S)C(=O)C(Cc4ccccc4)C(Cc4ccccc4)(C(N)=S)C3=O)c2)C(=O)C1Cc1ccccc1. The summed E-state index contributed by atoms with van der Waals surface area (Å²) in [5.74, 6) is -5.18. The van der Waals surface area contributed by atoms with Gasteiger partial charge in [-0.15, -0.1) is 8.97 Å². The second-order valence-electron chi connectivity index (χ2n) is 15.3. The average molecular weight is 871 g/mol. The van der Waals surface area contributed by atoms with Gasteiger partial charge in [0.05, 0.1) is 16.0 Å². The van der Waals surface area contributed by atoms with E-state index in [9.17, 15) is 0 Å². The van der Waals surface area contributed by atoms with E-state index in [0.29, 0.717) is 11.1 Å². The Balaban J connectivity index is 1.46. The Morgan fingerprint density at radius 1 is 0.450 bits per heavy atom. The third kappa shape index (κ3) is 6.42. The summed E-state index contributed by atoms with van der Waals surface area (Å²) >= 11 is 22.9. The summed E-state index contributed by atoms with van der Waals surface area (Å²) in [7, 11) is 0. The quantitative estimate of drug-likeness (QED) is 0.0689. The fourth-order valence-corrected chi connectivity index (χ4v) is 10.4. The Hall–Kier alpha value is -5.74. The van der Waals surface area contributed by atoms with Crippen molar-refractivity contribution in [3.8, 4) is 0 Å². The highest BCUT2D eigenvalue weighted by Crippen LogP contribution is 2.53. The van der Waals surface area contributed by atoms with Gasteiger partial charge >= 0.3 is 23.6 Å². The number of likely N-dealkylation sites (tertiary alicyclic amines) is 2. The second kappa shape index (κ2) is 16.4. The van der Waals surface area contributed by atoms with Gasteiger partial charge in [-0.25, -0.2) is 19.2 Å². The number of nitrogens with two attached hydrogens (primary N) is 4. The van der Waals surface area contributed by atoms with Gasteiger partial charge in [0, 0.05) is 36.6 Å². The molecule has 0 aromatic heterocycles. The predicted octanol–water partition coefficient (Wildman–Crippen LogP) is 5.67. The van der Waals surface area contributed by atoms with Gasteiger partial charge in [-0.2, -0.15) is 0 Å². The molecule has 8 N–H and O–H groups in total. The van der Waals surface area contributed by atoms with Crippen LogP contribution in [0.5, 0.6) is 0 Å². The van der Waals surface area contributed by atoms with E-state index in [1.54, 1.807) is 0 Å². The van der Waals surface area contributed by atoms with Crippen LogP contribution >= 0.6 is 48.9 Å². The lowest BCUT2D eigenvalue weighted by molar-refractivity contribution is -0.136. The number of carbonyl (C=O) groups excluding carboxylic acids is 4. The van der Waals surface area contributed by atoms with Crippen molar-refractivity contribution in [1.29, 1.82) is 0 Å². The first-order valence-electron chi connectivity index (χ1n) is 19.1. The first kappa shape index (κ1) is 42.4. The maximum atomic E-state index is 15.7. The molecule has 0 radical (unpaired) electrons. The van der Waals surface area contributed by atoms with E-state index in [1.165, 1.54) is 24.3 Å². The fourth-order valence-electron chi connectivity index (χ4n) is 9.24. The first-order valence-corrected chi connectivity index (χ1v) is 20.8. The zero-order chi connectivity index (χ0) is 43.0. The molecule has 2 heterocycles. The number of nitrogens with zero attached hydrogens (tertiary/aromatic N) is 2. The molecule has 5 aromatic rings. The van der Waals surface area contributed by atoms with Crippen molar-refractivity contribution < 1.29 is 19.2 Å². The van der Waals surface area contributed by atoms with Crippen LogP contribution in [0.2, 0.25) is 0 Å². The number of hydrogen-bond donors (Lipinski definition) is 4. The molecule has 5 aromatic carbocycles. The molecule has 2 aliphatic heterocycles. The van der Waals surface area contributed by atoms with Crippen molar-refractivity contribution in [3.05, 3.63) is 168 Å². The number of imide groups is 2. The van der Waals surface area contributed by atoms with Gasteiger partial charge in [0.25, 0.3) is 10.2 Å². The van der Waals surface area contributed by atoms with Crippen LogP contribution in [-0.4, -0.2) is 43.8 Å². The van der Waals surface area contributed by atoms with E-state index in [4.69, 9.17) is 71.8 Å². The summed E-state index contributed by atoms with van der Waals surface area (Å²) in [6.07, 6.45) is 0.0702. The number of benzene rings is 5. The summed E-state index contributed by atoms with van der Waals surface area (Å²) in [5.41, 5.74) is 25.7. The van der Waals surface area contributed by atoms with E-state index in [2.05, 4.69) is 0 Å². The highest BCUT2D eigenvalue weighted by molar-refractivity contribution is 7.81. The molecule has 10 nitrogen and oxygen atoms in total. The Morgan fingerprint density at radius 3 is 1.03 bits per heavy atom. The number of quaternary nitrogens is 2. The van der Waals surface area contributed by atoms with Crippen molar-refractivity contribution >= 4 is 104 Å². The number of rotatable bonds is 12. The van der Waals surface area contributed by atoms with Crippen LogP contribution in [0.1, 0.15) is 22.3 Å². The van der Waals surface area contributed by atoms with Crippen LogP contribution in [0.15, 0.2) is 146 Å². The molecule has 4 amide bonds. The molecule has 14 heteroatoms. The van der Waals surface area contributed by atoms with E-state index in [0.717, 1.165) is 11.1 Å². The van der Waals surface area contributed by atoms with E-state index < -0.39 is 65.5 Å². The van der Waals surface area contributed by atoms with Gasteiger partial charge in [0.2, 0.25) is 0 Å². The highest BCUT2D eigenvalue weighted by Gasteiger charge is 2.76. The monoisotopic (exact) mass is 870 g/mol. The lowest BCUT2D eigenvalue weighted by atomic mass is 9.70. The van der Waals surface area contributed by atoms with Gasteiger partial charge in [-0.3, -0.25) is 0 Å². The van der Waals surface area contributed by atoms with Crippen LogP contribution in [0, 0.1) is 22.7 Å². The predicted molar refractivity (Wildman–Crippen MR) is 250 cm³/mol. The molecule has 6 atom stereocenters. The largest absolute Gasteiger partial charge is 0.392 e. The van der Waals surface area contributed by atoms with Crippen LogP contribution in [0.4, 0.5) is 11.4 Å². The summed E-state index contributed by atoms with van der Waals surface area (Å²) in [6.45, 7) is 0. The minimum absolute atomic E-state index is 0.0332. The van der Waals surface area contributed by atoms with Crippen LogP contribution in [0.3, 0.4) is 0 Å². The maximum Gasteiger partial charge on any atom is 0.347 e. The minimum Gasteiger partial charge on any atom is -0.392 e. The smallest absolute Gasteiger partial charge is 0.347 e. The summed E-state index contributed by atoms with van der Waals surface area (Å²) < 4.78 is -2.58. The van der Waals surface area contributed by atoms with Crippen molar-refractivity contribution in [2.75, 3.05) is 0 Å². The molecule has 0 spiro atoms. The molecule has 6 unspecified atom stereocenters. The Kier molecular flexibility index (Phi) is 11.6. The number of thiocarbonyl (C=S) groups is 4. The molecule has 60 heavy (non-hydrogen) atoms. The Labute approximate surface area is 369 Å². The molecule has 2 aliphatic rings. The second-order valence-corrected chi connectivity index (χ2v) is 17.0. The van der Waals surface area contributed by atoms with Gasteiger partial charge in [0.15, 0.2) is 22.2 Å². The molecule has 7 rings (SSSR count). The number of amides is 4. The molecule has 2 fully saturated rings. The molecule has 0 aliphatic carbocycles. The Bertz CT molecular complexity index is 2410. The van der Waals surface area contributed by atoms with E-state index >= 15 is 19.2 Å². The molecule has 2 saturated heterocycles. The third-order valence-electron chi connectivity index (χ3n) is 12.2. The zero-order valence-corrected chi connectivity index (χ0v) is 35.6. The molecule has 302 valence electrons. The van der Waals surface area contributed by atoms with Crippen molar-refractivity contribution in [1.82, 2.24) is 8.97 Å². The van der Waals surface area contributed by atoms with E-state index in [-0.39, 0.29) is 47.0 Å². The third-order valence-corrected chi connectivity index (χ3v) is 13.5. The van der Waals surface area contributed by atoms with Crippen LogP contribution < -0.4 is 31.9 Å². The molecule has 0 saturated carbocycles. The van der Waals surface area contributed by atoms with Crippen molar-refractivity contribution in [2.24, 2.45) is 45.6 Å². The zero-order valence-electron chi connectivity index (χ0n) is 32.3. The first-order chi connectivity index (χ1) is 28.7. The number of carbonyl (C=O) groups is 4. The average Bonchev–Trinajstić information content (AvgIpc) is 3.54. The highest BCUT2D eigenvalue weighted by atomic mass is 32.1. The maximum absolute atomic E-state index is 15.7. The normalized spacial score (nSPS) is 26.2. The standard InChI is InChI=1S/C46H40N6O4S4/c47-39(57)45(27-31-18-9-3-10-19-31)35(24-29-14-5-1-6-15-29)37(53)51(41(45)55,43(49)59)33-22-13-23-34(26-33)52(44(50)60)38(54)36(25-30-16-7-2-8-17-30)46(40(48)58,42(52)56)28-32-20-11-4-12-21-32/h1-23,26,35-36H,24-25,27-28H2,(H6-2,47,48,49,50,57,58,59,60)/p+2. The van der Waals surface area contributed by atoms with Gasteiger partial charge in [-0.1, -0.05) is 152 Å². The number of hydrogen-bond acceptors (Lipinski definition) is 8. The topological polar surface area (TPSA) is 172 Å². The minimum atomic E-state index is -1.78. The lowest BCUT2D eigenvalue weighted by Crippen LogP contribution is -2.65. The van der Waals surface area contributed by atoms with Gasteiger partial charge in [0.1, 0.15) is 11.8 Å². The summed E-state index contributed by atoms with van der Waals surface area (Å²) in [4.78, 5) is 61.9. The van der Waals surface area contributed by atoms with Crippen molar-refractivity contribution in [3.63, 3.8) is 0 Å². The lowest BCUT2D eigenvalue weighted by Gasteiger charge is -2.32. The van der Waals surface area contributed by atoms with E-state index in [1.807, 2.05) is 121 Å². The molecular weight excluding hydrogens is 829 g/mol.